The van der Waals surface area contributed by atoms with Crippen molar-refractivity contribution >= 4 is 11.6 Å². The van der Waals surface area contributed by atoms with E-state index in [1.807, 2.05) is 0 Å². The lowest BCUT2D eigenvalue weighted by Crippen LogP contribution is -2.33. The summed E-state index contributed by atoms with van der Waals surface area (Å²) >= 11 is 0. The molecule has 0 spiro atoms. The average Bonchev–Trinajstić information content (AvgIpc) is 2.27. The Morgan fingerprint density at radius 3 is 2.76 bits per heavy atom. The normalized spacial score (nSPS) is 12.0. The Kier molecular flexibility index (Phi) is 4.34. The quantitative estimate of drug-likeness (QED) is 0.758. The van der Waals surface area contributed by atoms with Crippen LogP contribution in [-0.4, -0.2) is 42.7 Å². The van der Waals surface area contributed by atoms with Crippen molar-refractivity contribution in [2.75, 3.05) is 26.4 Å². The molecule has 0 fully saturated rings. The van der Waals surface area contributed by atoms with Gasteiger partial charge in [0.2, 0.25) is 0 Å². The molecule has 0 aliphatic heterocycles. The largest absolute Gasteiger partial charge is 0.496 e. The van der Waals surface area contributed by atoms with Crippen LogP contribution in [0.2, 0.25) is 0 Å². The molecule has 0 aliphatic rings. The van der Waals surface area contributed by atoms with Gasteiger partial charge >= 0.3 is 0 Å². The van der Waals surface area contributed by atoms with E-state index in [0.717, 1.165) is 0 Å². The summed E-state index contributed by atoms with van der Waals surface area (Å²) in [6, 6.07) is 4.89. The molecule has 5 nitrogen and oxygen atoms in total. The van der Waals surface area contributed by atoms with E-state index in [-0.39, 0.29) is 12.5 Å². The number of methoxy groups -OCH3 is 1. The first-order valence-corrected chi connectivity index (χ1v) is 5.32. The number of rotatable bonds is 4. The second-order valence-electron chi connectivity index (χ2n) is 3.99. The SMILES string of the molecule is COc1ccc(N)cc1C(=O)N(C)CC(C)O. The number of aliphatic hydroxyl groups excluding tert-OH is 1. The van der Waals surface area contributed by atoms with E-state index >= 15 is 0 Å². The van der Waals surface area contributed by atoms with Crippen LogP contribution in [0.5, 0.6) is 5.75 Å². The summed E-state index contributed by atoms with van der Waals surface area (Å²) in [4.78, 5) is 13.5. The predicted octanol–water partition coefficient (Wildman–Crippen LogP) is 0.730. The molecule has 0 heterocycles. The van der Waals surface area contributed by atoms with Crippen LogP contribution >= 0.6 is 0 Å². The zero-order valence-corrected chi connectivity index (χ0v) is 10.3. The number of hydrogen-bond donors (Lipinski definition) is 2. The highest BCUT2D eigenvalue weighted by Crippen LogP contribution is 2.22. The van der Waals surface area contributed by atoms with Crippen molar-refractivity contribution in [2.45, 2.75) is 13.0 Å². The number of nitrogens with zero attached hydrogens (tertiary/aromatic N) is 1. The molecule has 1 amide bonds. The number of hydrogen-bond acceptors (Lipinski definition) is 4. The monoisotopic (exact) mass is 238 g/mol. The van der Waals surface area contributed by atoms with Gasteiger partial charge < -0.3 is 20.5 Å². The van der Waals surface area contributed by atoms with Crippen LogP contribution in [0.3, 0.4) is 0 Å². The van der Waals surface area contributed by atoms with Crippen molar-refractivity contribution in [2.24, 2.45) is 0 Å². The van der Waals surface area contributed by atoms with Crippen LogP contribution in [0.15, 0.2) is 18.2 Å². The van der Waals surface area contributed by atoms with Crippen LogP contribution in [0.4, 0.5) is 5.69 Å². The number of likely N-dealkylation sites (N-methyl/N-ethyl adjacent to an activating group) is 1. The van der Waals surface area contributed by atoms with Gasteiger partial charge in [0.05, 0.1) is 18.8 Å². The summed E-state index contributed by atoms with van der Waals surface area (Å²) in [5.74, 6) is 0.247. The highest BCUT2D eigenvalue weighted by molar-refractivity contribution is 5.97. The predicted molar refractivity (Wildman–Crippen MR) is 66.0 cm³/mol. The first-order valence-electron chi connectivity index (χ1n) is 5.32. The molecular weight excluding hydrogens is 220 g/mol. The molecule has 0 bridgehead atoms. The fraction of sp³-hybridized carbons (Fsp3) is 0.417. The number of nitrogens with two attached hydrogens (primary N) is 1. The fourth-order valence-corrected chi connectivity index (χ4v) is 1.58. The number of aliphatic hydroxyl groups is 1. The Balaban J connectivity index is 2.98. The summed E-state index contributed by atoms with van der Waals surface area (Å²) in [5, 5.41) is 9.25. The molecule has 0 aromatic heterocycles. The third kappa shape index (κ3) is 3.35. The van der Waals surface area contributed by atoms with Crippen LogP contribution in [0.25, 0.3) is 0 Å². The van der Waals surface area contributed by atoms with Crippen molar-refractivity contribution in [1.82, 2.24) is 4.90 Å². The van der Waals surface area contributed by atoms with E-state index in [9.17, 15) is 9.90 Å². The van der Waals surface area contributed by atoms with Gasteiger partial charge in [0.25, 0.3) is 5.91 Å². The number of carbonyl (C=O) groups is 1. The van der Waals surface area contributed by atoms with Gasteiger partial charge in [0.1, 0.15) is 5.75 Å². The molecule has 1 aromatic carbocycles. The second kappa shape index (κ2) is 5.54. The number of nitrogen functional groups attached to an aromatic ring is 1. The minimum atomic E-state index is -0.573. The topological polar surface area (TPSA) is 75.8 Å². The maximum absolute atomic E-state index is 12.1. The molecule has 0 radical (unpaired) electrons. The van der Waals surface area contributed by atoms with Crippen LogP contribution in [0.1, 0.15) is 17.3 Å². The molecule has 1 rings (SSSR count). The van der Waals surface area contributed by atoms with Crippen molar-refractivity contribution < 1.29 is 14.6 Å². The summed E-state index contributed by atoms with van der Waals surface area (Å²) in [7, 11) is 3.12. The third-order valence-electron chi connectivity index (χ3n) is 2.34. The molecule has 0 saturated carbocycles. The standard InChI is InChI=1S/C12H18N2O3/c1-8(15)7-14(2)12(16)10-6-9(13)4-5-11(10)17-3/h4-6,8,15H,7,13H2,1-3H3. The third-order valence-corrected chi connectivity index (χ3v) is 2.34. The van der Waals surface area contributed by atoms with Crippen LogP contribution in [0, 0.1) is 0 Å². The van der Waals surface area contributed by atoms with E-state index in [1.165, 1.54) is 12.0 Å². The van der Waals surface area contributed by atoms with Crippen LogP contribution in [-0.2, 0) is 0 Å². The van der Waals surface area contributed by atoms with Gasteiger partial charge in [-0.2, -0.15) is 0 Å². The molecule has 5 heteroatoms. The van der Waals surface area contributed by atoms with Crippen molar-refractivity contribution in [1.29, 1.82) is 0 Å². The Morgan fingerprint density at radius 2 is 2.24 bits per heavy atom. The average molecular weight is 238 g/mol. The van der Waals surface area contributed by atoms with Gasteiger partial charge in [0, 0.05) is 19.3 Å². The maximum Gasteiger partial charge on any atom is 0.257 e. The van der Waals surface area contributed by atoms with Gasteiger partial charge in [-0.15, -0.1) is 0 Å². The molecule has 1 aromatic rings. The van der Waals surface area contributed by atoms with Gasteiger partial charge in [-0.25, -0.2) is 0 Å². The Bertz CT molecular complexity index is 405. The number of benzene rings is 1. The molecule has 94 valence electrons. The first-order chi connectivity index (χ1) is 7.95. The molecule has 17 heavy (non-hydrogen) atoms. The van der Waals surface area contributed by atoms with E-state index < -0.39 is 6.10 Å². The van der Waals surface area contributed by atoms with E-state index in [0.29, 0.717) is 17.0 Å². The molecular formula is C12H18N2O3. The fourth-order valence-electron chi connectivity index (χ4n) is 1.58. The maximum atomic E-state index is 12.1. The minimum absolute atomic E-state index is 0.227. The summed E-state index contributed by atoms with van der Waals surface area (Å²) in [5.41, 5.74) is 6.54. The molecule has 0 aliphatic carbocycles. The molecule has 1 unspecified atom stereocenters. The number of ether oxygens (including phenoxy) is 1. The second-order valence-corrected chi connectivity index (χ2v) is 3.99. The lowest BCUT2D eigenvalue weighted by atomic mass is 10.1. The Labute approximate surface area is 101 Å². The van der Waals surface area contributed by atoms with E-state index in [1.54, 1.807) is 32.2 Å². The van der Waals surface area contributed by atoms with Gasteiger partial charge in [-0.05, 0) is 25.1 Å². The minimum Gasteiger partial charge on any atom is -0.496 e. The zero-order valence-electron chi connectivity index (χ0n) is 10.3. The number of amides is 1. The van der Waals surface area contributed by atoms with Crippen molar-refractivity contribution in [3.8, 4) is 5.75 Å². The lowest BCUT2D eigenvalue weighted by Gasteiger charge is -2.20. The van der Waals surface area contributed by atoms with E-state index in [2.05, 4.69) is 0 Å². The Morgan fingerprint density at radius 1 is 1.59 bits per heavy atom. The number of anilines is 1. The summed E-state index contributed by atoms with van der Waals surface area (Å²) in [6.07, 6.45) is -0.573. The number of carbonyl (C=O) groups excluding carboxylic acids is 1. The molecule has 3 N–H and O–H groups in total. The van der Waals surface area contributed by atoms with Crippen molar-refractivity contribution in [3.05, 3.63) is 23.8 Å². The van der Waals surface area contributed by atoms with Gasteiger partial charge in [0.15, 0.2) is 0 Å². The summed E-state index contributed by atoms with van der Waals surface area (Å²) in [6.45, 7) is 1.89. The summed E-state index contributed by atoms with van der Waals surface area (Å²) < 4.78 is 5.11. The Hall–Kier alpha value is -1.75. The molecule has 0 saturated heterocycles. The lowest BCUT2D eigenvalue weighted by molar-refractivity contribution is 0.0700. The van der Waals surface area contributed by atoms with E-state index in [4.69, 9.17) is 10.5 Å². The smallest absolute Gasteiger partial charge is 0.257 e. The highest BCUT2D eigenvalue weighted by atomic mass is 16.5. The van der Waals surface area contributed by atoms with Crippen LogP contribution < -0.4 is 10.5 Å². The molecule has 1 atom stereocenters. The first kappa shape index (κ1) is 13.3. The zero-order chi connectivity index (χ0) is 13.0. The van der Waals surface area contributed by atoms with Crippen molar-refractivity contribution in [3.63, 3.8) is 0 Å². The highest BCUT2D eigenvalue weighted by Gasteiger charge is 2.17. The van der Waals surface area contributed by atoms with Gasteiger partial charge in [-0.1, -0.05) is 0 Å². The van der Waals surface area contributed by atoms with Gasteiger partial charge in [-0.3, -0.25) is 4.79 Å².